The molecule has 2 rings (SSSR count). The molecule has 8 nitrogen and oxygen atoms in total. The average molecular weight is 531 g/mol. The van der Waals surface area contributed by atoms with Gasteiger partial charge in [0.25, 0.3) is 0 Å². The van der Waals surface area contributed by atoms with Gasteiger partial charge in [0.05, 0.1) is 5.41 Å². The third kappa shape index (κ3) is 9.23. The lowest BCUT2D eigenvalue weighted by atomic mass is 9.97. The molecule has 0 aliphatic carbocycles. The van der Waals surface area contributed by atoms with Crippen molar-refractivity contribution < 1.29 is 42.8 Å². The summed E-state index contributed by atoms with van der Waals surface area (Å²) in [6.07, 6.45) is -1.25. The highest BCUT2D eigenvalue weighted by molar-refractivity contribution is 5.86. The zero-order valence-electron chi connectivity index (χ0n) is 22.5. The predicted molar refractivity (Wildman–Crippen MR) is 140 cm³/mol. The fourth-order valence-corrected chi connectivity index (χ4v) is 2.85. The highest BCUT2D eigenvalue weighted by Crippen LogP contribution is 2.35. The lowest BCUT2D eigenvalue weighted by Gasteiger charge is -2.18. The van der Waals surface area contributed by atoms with Crippen LogP contribution < -0.4 is 14.2 Å². The summed E-state index contributed by atoms with van der Waals surface area (Å²) in [6, 6.07) is 9.02. The summed E-state index contributed by atoms with van der Waals surface area (Å²) in [5, 5.41) is 9.81. The van der Waals surface area contributed by atoms with Gasteiger partial charge in [-0.15, -0.1) is 0 Å². The quantitative estimate of drug-likeness (QED) is 0.124. The van der Waals surface area contributed by atoms with E-state index in [0.29, 0.717) is 16.9 Å². The van der Waals surface area contributed by atoms with Crippen molar-refractivity contribution in [1.29, 1.82) is 0 Å². The molecule has 0 bridgehead atoms. The van der Waals surface area contributed by atoms with Crippen LogP contribution in [0.5, 0.6) is 17.2 Å². The molecule has 0 saturated carbocycles. The third-order valence-electron chi connectivity index (χ3n) is 4.97. The minimum Gasteiger partial charge on any atom is -0.486 e. The first-order valence-corrected chi connectivity index (χ1v) is 12.0. The van der Waals surface area contributed by atoms with E-state index < -0.39 is 23.5 Å². The van der Waals surface area contributed by atoms with Crippen LogP contribution in [0.4, 0.5) is 4.39 Å². The predicted octanol–water partition coefficient (Wildman–Crippen LogP) is 5.23. The maximum absolute atomic E-state index is 14.9. The number of rotatable bonds is 13. The van der Waals surface area contributed by atoms with Crippen LogP contribution in [0.25, 0.3) is 11.1 Å². The van der Waals surface area contributed by atoms with Crippen molar-refractivity contribution in [2.24, 2.45) is 5.41 Å². The largest absolute Gasteiger partial charge is 0.486 e. The van der Waals surface area contributed by atoms with Gasteiger partial charge in [-0.25, -0.2) is 9.18 Å². The summed E-state index contributed by atoms with van der Waals surface area (Å²) in [5.74, 6) is -0.735. The molecular weight excluding hydrogens is 495 g/mol. The van der Waals surface area contributed by atoms with E-state index in [2.05, 4.69) is 13.2 Å². The molecule has 1 N–H and O–H groups in total. The number of aliphatic hydroxyl groups excluding tert-OH is 1. The number of ether oxygens (including phenoxy) is 5. The van der Waals surface area contributed by atoms with Crippen LogP contribution in [-0.2, 0) is 19.1 Å². The van der Waals surface area contributed by atoms with E-state index in [1.165, 1.54) is 12.1 Å². The van der Waals surface area contributed by atoms with Gasteiger partial charge in [0.2, 0.25) is 6.29 Å². The SMILES string of the molecule is C=C(C)C(=O)OCCOc1ccc(-c2ccc(OC(O)C(=C)C)cc2F)cc1OCCOC(=O)C(C)(C)C. The van der Waals surface area contributed by atoms with Gasteiger partial charge in [-0.2, -0.15) is 0 Å². The Kier molecular flexibility index (Phi) is 10.9. The topological polar surface area (TPSA) is 101 Å². The van der Waals surface area contributed by atoms with Gasteiger partial charge in [-0.05, 0) is 70.0 Å². The van der Waals surface area contributed by atoms with Crippen LogP contribution in [0.2, 0.25) is 0 Å². The minimum absolute atomic E-state index is 0.00143. The van der Waals surface area contributed by atoms with E-state index in [4.69, 9.17) is 23.7 Å². The molecule has 206 valence electrons. The molecule has 0 radical (unpaired) electrons. The molecule has 2 aromatic rings. The van der Waals surface area contributed by atoms with Crippen molar-refractivity contribution in [2.45, 2.75) is 40.9 Å². The van der Waals surface area contributed by atoms with E-state index in [-0.39, 0.29) is 55.0 Å². The van der Waals surface area contributed by atoms with Crippen LogP contribution in [0, 0.1) is 11.2 Å². The highest BCUT2D eigenvalue weighted by Gasteiger charge is 2.23. The Bertz CT molecular complexity index is 1170. The van der Waals surface area contributed by atoms with E-state index >= 15 is 0 Å². The number of hydrogen-bond donors (Lipinski definition) is 1. The Balaban J connectivity index is 2.20. The summed E-state index contributed by atoms with van der Waals surface area (Å²) in [6.45, 7) is 15.6. The van der Waals surface area contributed by atoms with Crippen LogP contribution in [0.1, 0.15) is 34.6 Å². The van der Waals surface area contributed by atoms with Crippen LogP contribution in [0.3, 0.4) is 0 Å². The molecule has 0 amide bonds. The molecule has 2 aromatic carbocycles. The van der Waals surface area contributed by atoms with E-state index in [9.17, 15) is 19.1 Å². The molecule has 0 aliphatic rings. The molecular formula is C29H35FO8. The summed E-state index contributed by atoms with van der Waals surface area (Å²) in [7, 11) is 0. The first-order chi connectivity index (χ1) is 17.8. The first-order valence-electron chi connectivity index (χ1n) is 12.0. The number of carbonyl (C=O) groups is 2. The number of benzene rings is 2. The Labute approximate surface area is 222 Å². The van der Waals surface area contributed by atoms with Gasteiger partial charge >= 0.3 is 11.9 Å². The summed E-state index contributed by atoms with van der Waals surface area (Å²) >= 11 is 0. The maximum Gasteiger partial charge on any atom is 0.333 e. The molecule has 1 atom stereocenters. The molecule has 0 spiro atoms. The van der Waals surface area contributed by atoms with Crippen LogP contribution in [0.15, 0.2) is 60.7 Å². The lowest BCUT2D eigenvalue weighted by Crippen LogP contribution is -2.25. The number of carbonyl (C=O) groups excluding carboxylic acids is 2. The van der Waals surface area contributed by atoms with Crippen LogP contribution >= 0.6 is 0 Å². The van der Waals surface area contributed by atoms with Crippen molar-refractivity contribution in [1.82, 2.24) is 0 Å². The molecule has 0 aromatic heterocycles. The van der Waals surface area contributed by atoms with Crippen molar-refractivity contribution in [3.05, 3.63) is 66.5 Å². The smallest absolute Gasteiger partial charge is 0.333 e. The van der Waals surface area contributed by atoms with Gasteiger partial charge in [0, 0.05) is 17.2 Å². The normalized spacial score (nSPS) is 11.8. The molecule has 0 heterocycles. The van der Waals surface area contributed by atoms with E-state index in [1.807, 2.05) is 0 Å². The Morgan fingerprint density at radius 2 is 1.55 bits per heavy atom. The zero-order chi connectivity index (χ0) is 28.5. The standard InChI is InChI=1S/C29H35FO8/c1-18(2)26(31)36-14-12-34-24-11-8-20(16-25(24)35-13-15-37-28(33)29(5,6)7)22-10-9-21(17-23(22)30)38-27(32)19(3)4/h8-11,16-17,27,32H,1,3,12-15H2,2,4-7H3. The van der Waals surface area contributed by atoms with Crippen LogP contribution in [-0.4, -0.2) is 49.8 Å². The highest BCUT2D eigenvalue weighted by atomic mass is 19.1. The minimum atomic E-state index is -1.25. The van der Waals surface area contributed by atoms with Gasteiger partial charge < -0.3 is 28.8 Å². The summed E-state index contributed by atoms with van der Waals surface area (Å²) in [4.78, 5) is 23.6. The van der Waals surface area contributed by atoms with Crippen molar-refractivity contribution in [3.63, 3.8) is 0 Å². The fraction of sp³-hybridized carbons (Fsp3) is 0.379. The van der Waals surface area contributed by atoms with Gasteiger partial charge in [0.1, 0.15) is 38.0 Å². The molecule has 0 aliphatic heterocycles. The van der Waals surface area contributed by atoms with E-state index in [1.54, 1.807) is 52.8 Å². The van der Waals surface area contributed by atoms with Gasteiger partial charge in [0.15, 0.2) is 11.5 Å². The maximum atomic E-state index is 14.9. The number of aliphatic hydroxyl groups is 1. The Hall–Kier alpha value is -3.85. The fourth-order valence-electron chi connectivity index (χ4n) is 2.85. The molecule has 38 heavy (non-hydrogen) atoms. The van der Waals surface area contributed by atoms with Gasteiger partial charge in [-0.3, -0.25) is 4.79 Å². The van der Waals surface area contributed by atoms with Crippen molar-refractivity contribution in [2.75, 3.05) is 26.4 Å². The molecule has 0 saturated heterocycles. The zero-order valence-corrected chi connectivity index (χ0v) is 22.5. The molecule has 9 heteroatoms. The first kappa shape index (κ1) is 30.4. The summed E-state index contributed by atoms with van der Waals surface area (Å²) < 4.78 is 42.0. The average Bonchev–Trinajstić information content (AvgIpc) is 2.84. The van der Waals surface area contributed by atoms with Crippen molar-refractivity contribution in [3.8, 4) is 28.4 Å². The Morgan fingerprint density at radius 3 is 2.13 bits per heavy atom. The second kappa shape index (κ2) is 13.6. The van der Waals surface area contributed by atoms with Crippen molar-refractivity contribution >= 4 is 11.9 Å². The number of esters is 2. The van der Waals surface area contributed by atoms with Gasteiger partial charge in [-0.1, -0.05) is 19.2 Å². The lowest BCUT2D eigenvalue weighted by molar-refractivity contribution is -0.153. The second-order valence-corrected chi connectivity index (χ2v) is 9.62. The summed E-state index contributed by atoms with van der Waals surface area (Å²) in [5.41, 5.74) is 0.749. The molecule has 0 fully saturated rings. The number of halogens is 1. The number of hydrogen-bond acceptors (Lipinski definition) is 8. The monoisotopic (exact) mass is 530 g/mol. The van der Waals surface area contributed by atoms with E-state index in [0.717, 1.165) is 6.07 Å². The Morgan fingerprint density at radius 1 is 0.921 bits per heavy atom. The third-order valence-corrected chi connectivity index (χ3v) is 4.97. The second-order valence-electron chi connectivity index (χ2n) is 9.62. The molecule has 1 unspecified atom stereocenters.